The summed E-state index contributed by atoms with van der Waals surface area (Å²) in [6.45, 7) is 3.51. The summed E-state index contributed by atoms with van der Waals surface area (Å²) in [7, 11) is 0. The highest BCUT2D eigenvalue weighted by Gasteiger charge is 2.24. The molecule has 2 aromatic rings. The van der Waals surface area contributed by atoms with Crippen LogP contribution < -0.4 is 10.1 Å². The second-order valence-electron chi connectivity index (χ2n) is 5.97. The number of hydrogen-bond acceptors (Lipinski definition) is 3. The lowest BCUT2D eigenvalue weighted by atomic mass is 10.1. The molecule has 1 aromatic carbocycles. The third kappa shape index (κ3) is 4.25. The summed E-state index contributed by atoms with van der Waals surface area (Å²) in [6, 6.07) is 11.7. The molecule has 1 N–H and O–H groups in total. The number of ether oxygens (including phenoxy) is 1. The first-order chi connectivity index (χ1) is 11.7. The molecule has 0 saturated carbocycles. The molecule has 1 fully saturated rings. The number of nitrogens with one attached hydrogen (secondary N) is 1. The predicted octanol–water partition coefficient (Wildman–Crippen LogP) is 3.72. The smallest absolute Gasteiger partial charge is 0.321 e. The van der Waals surface area contributed by atoms with Gasteiger partial charge in [0.1, 0.15) is 11.9 Å². The number of rotatable bonds is 4. The van der Waals surface area contributed by atoms with Crippen LogP contribution in [0, 0.1) is 0 Å². The number of anilines is 1. The summed E-state index contributed by atoms with van der Waals surface area (Å²) in [5, 5.41) is 2.99. The maximum Gasteiger partial charge on any atom is 0.321 e. The zero-order valence-corrected chi connectivity index (χ0v) is 13.9. The molecule has 0 radical (unpaired) electrons. The van der Waals surface area contributed by atoms with Crippen LogP contribution in [-0.2, 0) is 6.42 Å². The van der Waals surface area contributed by atoms with Crippen molar-refractivity contribution in [2.45, 2.75) is 32.3 Å². The fourth-order valence-electron chi connectivity index (χ4n) is 2.86. The molecule has 0 unspecified atom stereocenters. The number of piperidine rings is 1. The Labute approximate surface area is 142 Å². The van der Waals surface area contributed by atoms with Crippen molar-refractivity contribution in [3.8, 4) is 5.75 Å². The third-order valence-corrected chi connectivity index (χ3v) is 4.27. The normalized spacial score (nSPS) is 15.1. The van der Waals surface area contributed by atoms with Gasteiger partial charge in [0.25, 0.3) is 0 Å². The number of carbonyl (C=O) groups excluding carboxylic acids is 1. The molecule has 0 spiro atoms. The van der Waals surface area contributed by atoms with Gasteiger partial charge in [-0.05, 0) is 36.2 Å². The van der Waals surface area contributed by atoms with Crippen molar-refractivity contribution in [2.75, 3.05) is 18.4 Å². The highest BCUT2D eigenvalue weighted by molar-refractivity contribution is 5.89. The Hall–Kier alpha value is -2.56. The van der Waals surface area contributed by atoms with Crippen LogP contribution in [0.5, 0.6) is 5.75 Å². The number of hydrogen-bond donors (Lipinski definition) is 1. The van der Waals surface area contributed by atoms with Gasteiger partial charge in [-0.25, -0.2) is 4.79 Å². The van der Waals surface area contributed by atoms with Crippen LogP contribution in [0.15, 0.2) is 48.8 Å². The van der Waals surface area contributed by atoms with E-state index < -0.39 is 0 Å². The van der Waals surface area contributed by atoms with E-state index in [-0.39, 0.29) is 12.1 Å². The second kappa shape index (κ2) is 7.81. The van der Waals surface area contributed by atoms with Gasteiger partial charge in [0, 0.05) is 44.0 Å². The van der Waals surface area contributed by atoms with E-state index in [1.54, 1.807) is 12.4 Å². The maximum atomic E-state index is 12.4. The van der Waals surface area contributed by atoms with E-state index in [9.17, 15) is 4.79 Å². The number of pyridine rings is 1. The van der Waals surface area contributed by atoms with Gasteiger partial charge in [-0.2, -0.15) is 0 Å². The molecule has 2 amide bonds. The number of benzene rings is 1. The molecule has 0 atom stereocenters. The lowest BCUT2D eigenvalue weighted by molar-refractivity contribution is 0.115. The van der Waals surface area contributed by atoms with Crippen molar-refractivity contribution >= 4 is 11.7 Å². The van der Waals surface area contributed by atoms with Crippen LogP contribution in [0.3, 0.4) is 0 Å². The van der Waals surface area contributed by atoms with Crippen LogP contribution in [0.25, 0.3) is 0 Å². The number of aryl methyl sites for hydroxylation is 1. The molecule has 1 aliphatic rings. The van der Waals surface area contributed by atoms with Gasteiger partial charge in [0.15, 0.2) is 0 Å². The number of aromatic nitrogens is 1. The number of likely N-dealkylation sites (tertiary alicyclic amines) is 1. The Balaban J connectivity index is 1.49. The summed E-state index contributed by atoms with van der Waals surface area (Å²) in [4.78, 5) is 18.2. The molecule has 1 saturated heterocycles. The average Bonchev–Trinajstić information content (AvgIpc) is 2.63. The molecule has 1 aliphatic heterocycles. The first kappa shape index (κ1) is 16.3. The molecule has 5 heteroatoms. The third-order valence-electron chi connectivity index (χ3n) is 4.27. The molecule has 24 heavy (non-hydrogen) atoms. The van der Waals surface area contributed by atoms with E-state index in [1.165, 1.54) is 5.56 Å². The molecule has 0 aliphatic carbocycles. The molecule has 2 heterocycles. The van der Waals surface area contributed by atoms with Gasteiger partial charge in [-0.15, -0.1) is 0 Å². The van der Waals surface area contributed by atoms with Crippen molar-refractivity contribution in [2.24, 2.45) is 0 Å². The number of carbonyl (C=O) groups is 1. The van der Waals surface area contributed by atoms with E-state index in [1.807, 2.05) is 35.2 Å². The summed E-state index contributed by atoms with van der Waals surface area (Å²) in [6.07, 6.45) is 6.24. The Bertz CT molecular complexity index is 667. The highest BCUT2D eigenvalue weighted by Crippen LogP contribution is 2.19. The molecule has 5 nitrogen and oxygen atoms in total. The fraction of sp³-hybridized carbons (Fsp3) is 0.368. The number of urea groups is 1. The summed E-state index contributed by atoms with van der Waals surface area (Å²) < 4.78 is 5.93. The minimum absolute atomic E-state index is 0.0365. The standard InChI is InChI=1S/C19H23N3O2/c1-2-15-4-3-5-16(14-15)21-19(23)22-12-8-18(9-13-22)24-17-6-10-20-11-7-17/h3-7,10-11,14,18H,2,8-9,12-13H2,1H3,(H,21,23). The predicted molar refractivity (Wildman–Crippen MR) is 94.3 cm³/mol. The van der Waals surface area contributed by atoms with E-state index >= 15 is 0 Å². The second-order valence-corrected chi connectivity index (χ2v) is 5.97. The van der Waals surface area contributed by atoms with Gasteiger partial charge in [-0.1, -0.05) is 19.1 Å². The van der Waals surface area contributed by atoms with Crippen LogP contribution >= 0.6 is 0 Å². The first-order valence-electron chi connectivity index (χ1n) is 8.46. The van der Waals surface area contributed by atoms with Crippen LogP contribution in [0.4, 0.5) is 10.5 Å². The van der Waals surface area contributed by atoms with Gasteiger partial charge < -0.3 is 15.0 Å². The van der Waals surface area contributed by atoms with Crippen molar-refractivity contribution in [1.82, 2.24) is 9.88 Å². The minimum atomic E-state index is -0.0365. The molecule has 126 valence electrons. The van der Waals surface area contributed by atoms with E-state index in [4.69, 9.17) is 4.74 Å². The van der Waals surface area contributed by atoms with E-state index in [0.29, 0.717) is 13.1 Å². The maximum absolute atomic E-state index is 12.4. The van der Waals surface area contributed by atoms with Crippen LogP contribution in [0.1, 0.15) is 25.3 Å². The lowest BCUT2D eigenvalue weighted by Crippen LogP contribution is -2.43. The van der Waals surface area contributed by atoms with Gasteiger partial charge in [-0.3, -0.25) is 4.98 Å². The van der Waals surface area contributed by atoms with Crippen molar-refractivity contribution in [3.05, 3.63) is 54.4 Å². The van der Waals surface area contributed by atoms with Gasteiger partial charge in [0.05, 0.1) is 0 Å². The summed E-state index contributed by atoms with van der Waals surface area (Å²) in [5.41, 5.74) is 2.08. The average molecular weight is 325 g/mol. The molecular formula is C19H23N3O2. The zero-order valence-electron chi connectivity index (χ0n) is 13.9. The highest BCUT2D eigenvalue weighted by atomic mass is 16.5. The van der Waals surface area contributed by atoms with Crippen molar-refractivity contribution in [3.63, 3.8) is 0 Å². The van der Waals surface area contributed by atoms with Gasteiger partial charge in [0.2, 0.25) is 0 Å². The van der Waals surface area contributed by atoms with Crippen molar-refractivity contribution in [1.29, 1.82) is 0 Å². The largest absolute Gasteiger partial charge is 0.490 e. The Kier molecular flexibility index (Phi) is 5.31. The van der Waals surface area contributed by atoms with Gasteiger partial charge >= 0.3 is 6.03 Å². The molecular weight excluding hydrogens is 302 g/mol. The topological polar surface area (TPSA) is 54.5 Å². The fourth-order valence-corrected chi connectivity index (χ4v) is 2.86. The number of amides is 2. The minimum Gasteiger partial charge on any atom is -0.490 e. The monoisotopic (exact) mass is 325 g/mol. The van der Waals surface area contributed by atoms with Crippen LogP contribution in [-0.4, -0.2) is 35.1 Å². The lowest BCUT2D eigenvalue weighted by Gasteiger charge is -2.32. The van der Waals surface area contributed by atoms with Crippen LogP contribution in [0.2, 0.25) is 0 Å². The first-order valence-corrected chi connectivity index (χ1v) is 8.46. The zero-order chi connectivity index (χ0) is 16.8. The van der Waals surface area contributed by atoms with E-state index in [0.717, 1.165) is 30.7 Å². The van der Waals surface area contributed by atoms with Crippen molar-refractivity contribution < 1.29 is 9.53 Å². The van der Waals surface area contributed by atoms with E-state index in [2.05, 4.69) is 23.3 Å². The molecule has 3 rings (SSSR count). The molecule has 1 aromatic heterocycles. The Morgan fingerprint density at radius 2 is 2.00 bits per heavy atom. The Morgan fingerprint density at radius 3 is 2.71 bits per heavy atom. The summed E-state index contributed by atoms with van der Waals surface area (Å²) >= 11 is 0. The summed E-state index contributed by atoms with van der Waals surface area (Å²) in [5.74, 6) is 0.837. The Morgan fingerprint density at radius 1 is 1.25 bits per heavy atom. The molecule has 0 bridgehead atoms. The quantitative estimate of drug-likeness (QED) is 0.932. The SMILES string of the molecule is CCc1cccc(NC(=O)N2CCC(Oc3ccncc3)CC2)c1. The number of nitrogens with zero attached hydrogens (tertiary/aromatic N) is 2.